The van der Waals surface area contributed by atoms with E-state index in [1.54, 1.807) is 24.3 Å². The molecule has 3 rings (SSSR count). The zero-order chi connectivity index (χ0) is 19.4. The molecule has 0 unspecified atom stereocenters. The fourth-order valence-electron chi connectivity index (χ4n) is 2.24. The molecule has 6 nitrogen and oxygen atoms in total. The molecule has 0 saturated carbocycles. The Hall–Kier alpha value is -3.26. The van der Waals surface area contributed by atoms with Gasteiger partial charge in [-0.3, -0.25) is 9.59 Å². The second-order valence-electron chi connectivity index (χ2n) is 5.51. The minimum Gasteiger partial charge on any atom is -0.343 e. The largest absolute Gasteiger partial charge is 0.343 e. The van der Waals surface area contributed by atoms with E-state index in [-0.39, 0.29) is 17.8 Å². The summed E-state index contributed by atoms with van der Waals surface area (Å²) in [6.07, 6.45) is 2.84. The zero-order valence-corrected chi connectivity index (χ0v) is 14.5. The Morgan fingerprint density at radius 1 is 1.11 bits per heavy atom. The molecule has 1 aromatic heterocycles. The highest BCUT2D eigenvalue weighted by molar-refractivity contribution is 6.30. The lowest BCUT2D eigenvalue weighted by molar-refractivity contribution is -0.115. The quantitative estimate of drug-likeness (QED) is 0.702. The van der Waals surface area contributed by atoms with Gasteiger partial charge in [0.05, 0.1) is 24.0 Å². The third-order valence-corrected chi connectivity index (χ3v) is 3.77. The lowest BCUT2D eigenvalue weighted by Gasteiger charge is -2.06. The molecule has 0 atom stereocenters. The van der Waals surface area contributed by atoms with Crippen molar-refractivity contribution in [2.75, 3.05) is 11.9 Å². The van der Waals surface area contributed by atoms with Crippen molar-refractivity contribution in [2.45, 2.75) is 0 Å². The highest BCUT2D eigenvalue weighted by Gasteiger charge is 2.12. The second kappa shape index (κ2) is 7.96. The first-order valence-electron chi connectivity index (χ1n) is 7.76. The highest BCUT2D eigenvalue weighted by Crippen LogP contribution is 2.15. The number of rotatable bonds is 5. The van der Waals surface area contributed by atoms with Crippen molar-refractivity contribution >= 4 is 29.1 Å². The zero-order valence-electron chi connectivity index (χ0n) is 13.7. The Labute approximate surface area is 157 Å². The number of hydrogen-bond donors (Lipinski definition) is 2. The molecular formula is C18H13ClF2N4O2. The van der Waals surface area contributed by atoms with Crippen LogP contribution in [0.4, 0.5) is 14.5 Å². The van der Waals surface area contributed by atoms with Crippen LogP contribution in [0.5, 0.6) is 0 Å². The molecule has 2 amide bonds. The number of benzene rings is 2. The first-order chi connectivity index (χ1) is 12.9. The van der Waals surface area contributed by atoms with E-state index >= 15 is 0 Å². The summed E-state index contributed by atoms with van der Waals surface area (Å²) >= 11 is 5.92. The van der Waals surface area contributed by atoms with Gasteiger partial charge in [-0.25, -0.2) is 13.5 Å². The van der Waals surface area contributed by atoms with Crippen LogP contribution in [0, 0.1) is 11.6 Å². The summed E-state index contributed by atoms with van der Waals surface area (Å²) in [6, 6.07) is 9.89. The van der Waals surface area contributed by atoms with Crippen LogP contribution in [-0.4, -0.2) is 28.1 Å². The molecule has 138 valence electrons. The summed E-state index contributed by atoms with van der Waals surface area (Å²) in [5.41, 5.74) is 1.01. The first-order valence-corrected chi connectivity index (χ1v) is 8.14. The number of anilines is 1. The van der Waals surface area contributed by atoms with Crippen LogP contribution in [0.15, 0.2) is 54.9 Å². The molecule has 0 bridgehead atoms. The number of amides is 2. The van der Waals surface area contributed by atoms with E-state index in [4.69, 9.17) is 11.6 Å². The van der Waals surface area contributed by atoms with Gasteiger partial charge in [-0.2, -0.15) is 5.10 Å². The van der Waals surface area contributed by atoms with Gasteiger partial charge in [0.25, 0.3) is 5.91 Å². The normalized spacial score (nSPS) is 10.5. The molecule has 0 saturated heterocycles. The van der Waals surface area contributed by atoms with E-state index in [1.807, 2.05) is 0 Å². The van der Waals surface area contributed by atoms with Gasteiger partial charge < -0.3 is 10.6 Å². The monoisotopic (exact) mass is 390 g/mol. The maximum Gasteiger partial charge on any atom is 0.254 e. The number of carbonyl (C=O) groups excluding carboxylic acids is 2. The van der Waals surface area contributed by atoms with Crippen LogP contribution < -0.4 is 10.6 Å². The molecule has 0 spiro atoms. The minimum absolute atomic E-state index is 0.0851. The lowest BCUT2D eigenvalue weighted by Crippen LogP contribution is -2.32. The molecule has 2 aromatic carbocycles. The SMILES string of the molecule is O=C(CNC(=O)c1cnn(-c2cccc(Cl)c2)c1)Nc1ccc(F)c(F)c1. The second-order valence-corrected chi connectivity index (χ2v) is 5.95. The van der Waals surface area contributed by atoms with E-state index < -0.39 is 23.4 Å². The van der Waals surface area contributed by atoms with Crippen molar-refractivity contribution in [1.82, 2.24) is 15.1 Å². The maximum absolute atomic E-state index is 13.1. The van der Waals surface area contributed by atoms with Crippen LogP contribution in [0.25, 0.3) is 5.69 Å². The van der Waals surface area contributed by atoms with Gasteiger partial charge >= 0.3 is 0 Å². The van der Waals surface area contributed by atoms with Crippen LogP contribution in [-0.2, 0) is 4.79 Å². The van der Waals surface area contributed by atoms with E-state index in [0.29, 0.717) is 10.7 Å². The van der Waals surface area contributed by atoms with Crippen LogP contribution in [0.3, 0.4) is 0 Å². The molecule has 3 aromatic rings. The number of carbonyl (C=O) groups is 2. The molecule has 0 aliphatic heterocycles. The molecule has 0 aliphatic rings. The highest BCUT2D eigenvalue weighted by atomic mass is 35.5. The van der Waals surface area contributed by atoms with Crippen molar-refractivity contribution in [3.8, 4) is 5.69 Å². The van der Waals surface area contributed by atoms with Crippen molar-refractivity contribution in [1.29, 1.82) is 0 Å². The first kappa shape index (κ1) is 18.5. The molecule has 0 aliphatic carbocycles. The molecule has 27 heavy (non-hydrogen) atoms. The number of hydrogen-bond acceptors (Lipinski definition) is 3. The summed E-state index contributed by atoms with van der Waals surface area (Å²) in [6.45, 7) is -0.347. The van der Waals surface area contributed by atoms with Gasteiger partial charge in [-0.1, -0.05) is 17.7 Å². The summed E-state index contributed by atoms with van der Waals surface area (Å²) in [7, 11) is 0. The topological polar surface area (TPSA) is 76.0 Å². The number of aromatic nitrogens is 2. The van der Waals surface area contributed by atoms with Gasteiger partial charge in [0, 0.05) is 23.0 Å². The van der Waals surface area contributed by atoms with Crippen LogP contribution in [0.2, 0.25) is 5.02 Å². The van der Waals surface area contributed by atoms with Gasteiger partial charge in [0.15, 0.2) is 11.6 Å². The van der Waals surface area contributed by atoms with E-state index in [1.165, 1.54) is 23.1 Å². The van der Waals surface area contributed by atoms with Gasteiger partial charge in [-0.05, 0) is 30.3 Å². The third-order valence-electron chi connectivity index (χ3n) is 3.53. The van der Waals surface area contributed by atoms with Crippen LogP contribution >= 0.6 is 11.6 Å². The molecule has 1 heterocycles. The Morgan fingerprint density at radius 2 is 1.93 bits per heavy atom. The smallest absolute Gasteiger partial charge is 0.254 e. The van der Waals surface area contributed by atoms with Gasteiger partial charge in [-0.15, -0.1) is 0 Å². The minimum atomic E-state index is -1.08. The fourth-order valence-corrected chi connectivity index (χ4v) is 2.43. The summed E-state index contributed by atoms with van der Waals surface area (Å²) in [4.78, 5) is 24.0. The lowest BCUT2D eigenvalue weighted by atomic mass is 10.3. The Bertz CT molecular complexity index is 1010. The summed E-state index contributed by atoms with van der Waals surface area (Å²) in [5, 5.41) is 9.39. The average Bonchev–Trinajstić information content (AvgIpc) is 3.13. The fraction of sp³-hybridized carbons (Fsp3) is 0.0556. The standard InChI is InChI=1S/C18H13ClF2N4O2/c19-12-2-1-3-14(6-12)25-10-11(8-23-25)18(27)22-9-17(26)24-13-4-5-15(20)16(21)7-13/h1-8,10H,9H2,(H,22,27)(H,24,26). The Morgan fingerprint density at radius 3 is 2.67 bits per heavy atom. The molecule has 2 N–H and O–H groups in total. The molecule has 0 fully saturated rings. The molecular weight excluding hydrogens is 378 g/mol. The summed E-state index contributed by atoms with van der Waals surface area (Å²) < 4.78 is 27.5. The van der Waals surface area contributed by atoms with E-state index in [9.17, 15) is 18.4 Å². The molecule has 0 radical (unpaired) electrons. The van der Waals surface area contributed by atoms with Gasteiger partial charge in [0.1, 0.15) is 0 Å². The average molecular weight is 391 g/mol. The third kappa shape index (κ3) is 4.68. The summed E-state index contributed by atoms with van der Waals surface area (Å²) in [5.74, 6) is -3.19. The van der Waals surface area contributed by atoms with Crippen LogP contribution in [0.1, 0.15) is 10.4 Å². The predicted molar refractivity (Wildman–Crippen MR) is 95.9 cm³/mol. The Balaban J connectivity index is 1.57. The number of nitrogens with zero attached hydrogens (tertiary/aromatic N) is 2. The van der Waals surface area contributed by atoms with Crippen molar-refractivity contribution in [3.63, 3.8) is 0 Å². The predicted octanol–water partition coefficient (Wildman–Crippen LogP) is 3.17. The van der Waals surface area contributed by atoms with Crippen molar-refractivity contribution in [3.05, 3.63) is 77.1 Å². The number of halogens is 3. The number of nitrogens with one attached hydrogen (secondary N) is 2. The van der Waals surface area contributed by atoms with Gasteiger partial charge in [0.2, 0.25) is 5.91 Å². The van der Waals surface area contributed by atoms with Crippen molar-refractivity contribution in [2.24, 2.45) is 0 Å². The Kier molecular flexibility index (Phi) is 5.46. The maximum atomic E-state index is 13.1. The van der Waals surface area contributed by atoms with E-state index in [0.717, 1.165) is 12.1 Å². The van der Waals surface area contributed by atoms with E-state index in [2.05, 4.69) is 15.7 Å². The van der Waals surface area contributed by atoms with Crippen molar-refractivity contribution < 1.29 is 18.4 Å². The molecule has 9 heteroatoms.